The van der Waals surface area contributed by atoms with Crippen LogP contribution in [0.3, 0.4) is 0 Å². The van der Waals surface area contributed by atoms with E-state index in [4.69, 9.17) is 22.7 Å². The number of hydrogen-bond acceptors (Lipinski definition) is 4. The molecule has 0 saturated carbocycles. The number of nitrogens with two attached hydrogens (primary N) is 1. The lowest BCUT2D eigenvalue weighted by Gasteiger charge is -2.09. The monoisotopic (exact) mass is 385 g/mol. The molecule has 7 heteroatoms. The maximum absolute atomic E-state index is 11.4. The zero-order chi connectivity index (χ0) is 15.6. The molecule has 0 radical (unpaired) electrons. The summed E-state index contributed by atoms with van der Waals surface area (Å²) in [6.07, 6.45) is 1.16. The first-order valence-corrected chi connectivity index (χ1v) is 8.94. The van der Waals surface area contributed by atoms with Crippen LogP contribution in [0.2, 0.25) is 0 Å². The Hall–Kier alpha value is -1.44. The number of thiocarbonyl (C=S) groups is 1. The summed E-state index contributed by atoms with van der Waals surface area (Å²) in [4.78, 5) is 0.553. The van der Waals surface area contributed by atoms with Gasteiger partial charge in [-0.2, -0.15) is 0 Å². The predicted octanol–water partition coefficient (Wildman–Crippen LogP) is 3.28. The van der Waals surface area contributed by atoms with Crippen LogP contribution in [-0.4, -0.2) is 19.7 Å². The fraction of sp³-hybridized carbons (Fsp3) is 0.0714. The van der Waals surface area contributed by atoms with Crippen molar-refractivity contribution in [1.29, 1.82) is 0 Å². The van der Waals surface area contributed by atoms with Crippen molar-refractivity contribution in [3.05, 3.63) is 52.5 Å². The van der Waals surface area contributed by atoms with E-state index >= 15 is 0 Å². The summed E-state index contributed by atoms with van der Waals surface area (Å²) in [7, 11) is -3.21. The van der Waals surface area contributed by atoms with Gasteiger partial charge in [-0.3, -0.25) is 0 Å². The van der Waals surface area contributed by atoms with Crippen molar-refractivity contribution in [3.8, 4) is 11.5 Å². The third-order valence-electron chi connectivity index (χ3n) is 2.70. The molecule has 0 aliphatic heterocycles. The van der Waals surface area contributed by atoms with Crippen molar-refractivity contribution in [1.82, 2.24) is 0 Å². The normalized spacial score (nSPS) is 11.1. The van der Waals surface area contributed by atoms with Crippen molar-refractivity contribution in [2.75, 3.05) is 6.26 Å². The highest BCUT2D eigenvalue weighted by atomic mass is 79.9. The van der Waals surface area contributed by atoms with Gasteiger partial charge >= 0.3 is 0 Å². The van der Waals surface area contributed by atoms with Crippen LogP contribution >= 0.6 is 28.1 Å². The predicted molar refractivity (Wildman–Crippen MR) is 89.7 cm³/mol. The van der Waals surface area contributed by atoms with E-state index in [2.05, 4.69) is 15.9 Å². The maximum Gasteiger partial charge on any atom is 0.175 e. The minimum absolute atomic E-state index is 0.248. The quantitative estimate of drug-likeness (QED) is 0.817. The van der Waals surface area contributed by atoms with Gasteiger partial charge in [0, 0.05) is 11.8 Å². The van der Waals surface area contributed by atoms with E-state index in [1.807, 2.05) is 0 Å². The van der Waals surface area contributed by atoms with Crippen molar-refractivity contribution in [3.63, 3.8) is 0 Å². The molecule has 0 amide bonds. The Kier molecular flexibility index (Phi) is 4.65. The highest BCUT2D eigenvalue weighted by Crippen LogP contribution is 2.31. The zero-order valence-corrected chi connectivity index (χ0v) is 14.3. The molecule has 2 rings (SSSR count). The molecule has 0 fully saturated rings. The van der Waals surface area contributed by atoms with E-state index in [1.54, 1.807) is 30.3 Å². The lowest BCUT2D eigenvalue weighted by atomic mass is 10.2. The fourth-order valence-corrected chi connectivity index (χ4v) is 2.84. The molecule has 4 nitrogen and oxygen atoms in total. The molecule has 2 N–H and O–H groups in total. The molecule has 0 aliphatic carbocycles. The van der Waals surface area contributed by atoms with Gasteiger partial charge in [-0.1, -0.05) is 12.2 Å². The van der Waals surface area contributed by atoms with Crippen LogP contribution in [0.25, 0.3) is 0 Å². The van der Waals surface area contributed by atoms with Gasteiger partial charge < -0.3 is 10.5 Å². The second kappa shape index (κ2) is 6.13. The Balaban J connectivity index is 2.24. The van der Waals surface area contributed by atoms with E-state index < -0.39 is 9.84 Å². The molecule has 0 unspecified atom stereocenters. The second-order valence-electron chi connectivity index (χ2n) is 4.36. The van der Waals surface area contributed by atoms with Crippen LogP contribution in [0.5, 0.6) is 11.5 Å². The minimum atomic E-state index is -3.21. The molecule has 0 atom stereocenters. The lowest BCUT2D eigenvalue weighted by molar-refractivity contribution is 0.479. The van der Waals surface area contributed by atoms with Gasteiger partial charge in [0.15, 0.2) is 9.84 Å². The summed E-state index contributed by atoms with van der Waals surface area (Å²) >= 11 is 8.29. The SMILES string of the molecule is CS(=O)(=O)c1ccc(Oc2ccc(C(N)=S)cc2Br)cc1. The molecule has 21 heavy (non-hydrogen) atoms. The summed E-state index contributed by atoms with van der Waals surface area (Å²) in [6, 6.07) is 11.5. The third kappa shape index (κ3) is 4.03. The minimum Gasteiger partial charge on any atom is -0.456 e. The van der Waals surface area contributed by atoms with E-state index in [1.165, 1.54) is 12.1 Å². The van der Waals surface area contributed by atoms with E-state index in [9.17, 15) is 8.42 Å². The number of sulfone groups is 1. The molecular weight excluding hydrogens is 374 g/mol. The third-order valence-corrected chi connectivity index (χ3v) is 4.68. The average Bonchev–Trinajstić information content (AvgIpc) is 2.40. The molecule has 2 aromatic carbocycles. The lowest BCUT2D eigenvalue weighted by Crippen LogP contribution is -2.09. The van der Waals surface area contributed by atoms with Crippen LogP contribution in [-0.2, 0) is 9.84 Å². The Labute approximate surface area is 137 Å². The van der Waals surface area contributed by atoms with E-state index in [0.29, 0.717) is 21.0 Å². The fourth-order valence-electron chi connectivity index (χ4n) is 1.62. The first-order chi connectivity index (χ1) is 9.77. The average molecular weight is 386 g/mol. The number of benzene rings is 2. The van der Waals surface area contributed by atoms with Crippen molar-refractivity contribution in [2.24, 2.45) is 5.73 Å². The van der Waals surface area contributed by atoms with E-state index in [0.717, 1.165) is 11.8 Å². The molecule has 0 spiro atoms. The topological polar surface area (TPSA) is 69.4 Å². The molecule has 0 saturated heterocycles. The standard InChI is InChI=1S/C14H12BrNO3S2/c1-21(17,18)11-5-3-10(4-6-11)19-13-7-2-9(14(16)20)8-12(13)15/h2-8H,1H3,(H2,16,20). The number of ether oxygens (including phenoxy) is 1. The smallest absolute Gasteiger partial charge is 0.175 e. The van der Waals surface area contributed by atoms with Crippen molar-refractivity contribution < 1.29 is 13.2 Å². The van der Waals surface area contributed by atoms with Crippen LogP contribution < -0.4 is 10.5 Å². The van der Waals surface area contributed by atoms with Crippen LogP contribution in [0, 0.1) is 0 Å². The molecular formula is C14H12BrNO3S2. The van der Waals surface area contributed by atoms with Gasteiger partial charge in [0.2, 0.25) is 0 Å². The Bertz CT molecular complexity index is 786. The summed E-state index contributed by atoms with van der Waals surface area (Å²) in [6.45, 7) is 0. The second-order valence-corrected chi connectivity index (χ2v) is 7.66. The number of hydrogen-bond donors (Lipinski definition) is 1. The summed E-state index contributed by atoms with van der Waals surface area (Å²) in [5.74, 6) is 1.12. The van der Waals surface area contributed by atoms with E-state index in [-0.39, 0.29) is 4.90 Å². The van der Waals surface area contributed by atoms with Gasteiger partial charge in [0.1, 0.15) is 16.5 Å². The molecule has 0 heterocycles. The number of rotatable bonds is 4. The largest absolute Gasteiger partial charge is 0.456 e. The van der Waals surface area contributed by atoms with Crippen molar-refractivity contribution >= 4 is 43.0 Å². The van der Waals surface area contributed by atoms with Gasteiger partial charge in [-0.15, -0.1) is 0 Å². The first-order valence-electron chi connectivity index (χ1n) is 5.85. The highest BCUT2D eigenvalue weighted by molar-refractivity contribution is 9.10. The van der Waals surface area contributed by atoms with Crippen molar-refractivity contribution in [2.45, 2.75) is 4.90 Å². The molecule has 110 valence electrons. The Morgan fingerprint density at radius 1 is 1.19 bits per heavy atom. The Morgan fingerprint density at radius 2 is 1.81 bits per heavy atom. The van der Waals surface area contributed by atoms with Gasteiger partial charge in [0.05, 0.1) is 9.37 Å². The van der Waals surface area contributed by atoms with Gasteiger partial charge in [-0.05, 0) is 58.4 Å². The molecule has 0 bridgehead atoms. The molecule has 0 aliphatic rings. The summed E-state index contributed by atoms with van der Waals surface area (Å²) in [5.41, 5.74) is 6.29. The van der Waals surface area contributed by atoms with Crippen LogP contribution in [0.15, 0.2) is 51.8 Å². The number of halogens is 1. The molecule has 2 aromatic rings. The van der Waals surface area contributed by atoms with Gasteiger partial charge in [-0.25, -0.2) is 8.42 Å². The van der Waals surface area contributed by atoms with Crippen LogP contribution in [0.1, 0.15) is 5.56 Å². The highest BCUT2D eigenvalue weighted by Gasteiger charge is 2.09. The van der Waals surface area contributed by atoms with Gasteiger partial charge in [0.25, 0.3) is 0 Å². The zero-order valence-electron chi connectivity index (χ0n) is 11.0. The summed E-state index contributed by atoms with van der Waals surface area (Å²) < 4.78 is 29.2. The maximum atomic E-state index is 11.4. The summed E-state index contributed by atoms with van der Waals surface area (Å²) in [5, 5.41) is 0. The Morgan fingerprint density at radius 3 is 2.29 bits per heavy atom. The molecule has 0 aromatic heterocycles. The van der Waals surface area contributed by atoms with Crippen LogP contribution in [0.4, 0.5) is 0 Å². The first kappa shape index (κ1) is 15.9.